The zero-order valence-electron chi connectivity index (χ0n) is 11.0. The van der Waals surface area contributed by atoms with E-state index in [1.165, 1.54) is 0 Å². The third-order valence-electron chi connectivity index (χ3n) is 3.51. The highest BCUT2D eigenvalue weighted by Crippen LogP contribution is 2.36. The van der Waals surface area contributed by atoms with E-state index in [-0.39, 0.29) is 17.5 Å². The second kappa shape index (κ2) is 6.83. The van der Waals surface area contributed by atoms with E-state index in [1.54, 1.807) is 0 Å². The first-order valence-corrected chi connectivity index (χ1v) is 7.44. The van der Waals surface area contributed by atoms with Crippen LogP contribution < -0.4 is 0 Å². The van der Waals surface area contributed by atoms with Crippen molar-refractivity contribution in [1.82, 2.24) is 4.90 Å². The Bertz CT molecular complexity index is 308. The van der Waals surface area contributed by atoms with Gasteiger partial charge in [0.15, 0.2) is 0 Å². The number of piperidine rings is 1. The van der Waals surface area contributed by atoms with Crippen molar-refractivity contribution in [2.24, 2.45) is 5.41 Å². The second-order valence-electron chi connectivity index (χ2n) is 5.01. The minimum atomic E-state index is -4.21. The van der Waals surface area contributed by atoms with Gasteiger partial charge < -0.3 is 10.0 Å². The van der Waals surface area contributed by atoms with Gasteiger partial charge in [-0.1, -0.05) is 13.3 Å². The van der Waals surface area contributed by atoms with Gasteiger partial charge in [-0.3, -0.25) is 4.79 Å². The van der Waals surface area contributed by atoms with Crippen molar-refractivity contribution in [3.05, 3.63) is 0 Å². The number of carbonyl (C=O) groups is 1. The molecule has 0 aromatic carbocycles. The molecule has 7 heteroatoms. The maximum absolute atomic E-state index is 12.1. The molecule has 1 heterocycles. The van der Waals surface area contributed by atoms with Crippen LogP contribution in [-0.2, 0) is 4.79 Å². The van der Waals surface area contributed by atoms with E-state index in [2.05, 4.69) is 0 Å². The number of nitrogens with zero attached hydrogens (tertiary/aromatic N) is 1. The average molecular weight is 299 g/mol. The zero-order chi connectivity index (χ0) is 14.5. The van der Waals surface area contributed by atoms with Crippen LogP contribution in [-0.4, -0.2) is 46.9 Å². The number of carboxylic acids is 1. The van der Waals surface area contributed by atoms with Crippen molar-refractivity contribution in [1.29, 1.82) is 0 Å². The van der Waals surface area contributed by atoms with Crippen LogP contribution >= 0.6 is 11.8 Å². The number of halogens is 3. The summed E-state index contributed by atoms with van der Waals surface area (Å²) >= 11 is -0.0400. The van der Waals surface area contributed by atoms with E-state index in [0.717, 1.165) is 12.8 Å². The molecule has 1 rings (SSSR count). The van der Waals surface area contributed by atoms with E-state index in [0.29, 0.717) is 32.5 Å². The predicted octanol–water partition coefficient (Wildman–Crippen LogP) is 3.21. The Morgan fingerprint density at radius 3 is 2.68 bits per heavy atom. The molecule has 1 atom stereocenters. The molecule has 3 nitrogen and oxygen atoms in total. The third-order valence-corrected chi connectivity index (χ3v) is 4.23. The summed E-state index contributed by atoms with van der Waals surface area (Å²) in [6.07, 6.45) is 2.73. The van der Waals surface area contributed by atoms with E-state index >= 15 is 0 Å². The van der Waals surface area contributed by atoms with Crippen molar-refractivity contribution in [3.8, 4) is 0 Å². The first-order chi connectivity index (χ1) is 8.79. The molecule has 1 N–H and O–H groups in total. The van der Waals surface area contributed by atoms with Gasteiger partial charge in [0.2, 0.25) is 0 Å². The summed E-state index contributed by atoms with van der Waals surface area (Å²) in [7, 11) is 0. The maximum atomic E-state index is 12.1. The molecule has 0 bridgehead atoms. The molecule has 1 aliphatic heterocycles. The number of hydrogen-bond acceptors (Lipinski definition) is 3. The molecule has 0 aliphatic carbocycles. The van der Waals surface area contributed by atoms with E-state index < -0.39 is 16.9 Å². The highest BCUT2D eigenvalue weighted by molar-refractivity contribution is 8.00. The third kappa shape index (κ3) is 5.22. The molecular formula is C12H20F3NO2S. The largest absolute Gasteiger partial charge is 0.481 e. The van der Waals surface area contributed by atoms with Crippen LogP contribution in [0.4, 0.5) is 13.2 Å². The molecule has 1 aliphatic rings. The number of hydrogen-bond donors (Lipinski definition) is 1. The van der Waals surface area contributed by atoms with Gasteiger partial charge in [-0.2, -0.15) is 13.2 Å². The monoisotopic (exact) mass is 299 g/mol. The second-order valence-corrected chi connectivity index (χ2v) is 6.17. The summed E-state index contributed by atoms with van der Waals surface area (Å²) in [4.78, 5) is 13.3. The Morgan fingerprint density at radius 2 is 2.16 bits per heavy atom. The first-order valence-electron chi connectivity index (χ1n) is 6.45. The Hall–Kier alpha value is -0.430. The SMILES string of the molecule is CCCC1(C(=O)O)CCCN(CCSC(F)(F)F)C1. The molecule has 0 aromatic heterocycles. The number of likely N-dealkylation sites (tertiary alicyclic amines) is 1. The molecule has 1 saturated heterocycles. The van der Waals surface area contributed by atoms with Crippen LogP contribution in [0.15, 0.2) is 0 Å². The van der Waals surface area contributed by atoms with Gasteiger partial charge in [0.25, 0.3) is 0 Å². The van der Waals surface area contributed by atoms with Crippen LogP contribution in [0.2, 0.25) is 0 Å². The highest BCUT2D eigenvalue weighted by Gasteiger charge is 2.41. The van der Waals surface area contributed by atoms with Gasteiger partial charge in [0.1, 0.15) is 0 Å². The molecule has 0 spiro atoms. The zero-order valence-corrected chi connectivity index (χ0v) is 11.8. The molecule has 112 valence electrons. The maximum Gasteiger partial charge on any atom is 0.441 e. The van der Waals surface area contributed by atoms with Gasteiger partial charge in [-0.15, -0.1) is 0 Å². The van der Waals surface area contributed by atoms with Crippen LogP contribution in [0, 0.1) is 5.41 Å². The van der Waals surface area contributed by atoms with Crippen LogP contribution in [0.3, 0.4) is 0 Å². The van der Waals surface area contributed by atoms with Gasteiger partial charge in [-0.25, -0.2) is 0 Å². The van der Waals surface area contributed by atoms with Gasteiger partial charge in [-0.05, 0) is 37.6 Å². The summed E-state index contributed by atoms with van der Waals surface area (Å²) in [5.41, 5.74) is -4.97. The number of carboxylic acid groups (broad SMARTS) is 1. The number of thioether (sulfide) groups is 1. The predicted molar refractivity (Wildman–Crippen MR) is 69.2 cm³/mol. The van der Waals surface area contributed by atoms with Crippen molar-refractivity contribution in [2.75, 3.05) is 25.4 Å². The lowest BCUT2D eigenvalue weighted by Crippen LogP contribution is -2.48. The lowest BCUT2D eigenvalue weighted by atomic mass is 9.76. The minimum Gasteiger partial charge on any atom is -0.481 e. The quantitative estimate of drug-likeness (QED) is 0.817. The van der Waals surface area contributed by atoms with Crippen molar-refractivity contribution < 1.29 is 23.1 Å². The fourth-order valence-electron chi connectivity index (χ4n) is 2.67. The van der Waals surface area contributed by atoms with Crippen LogP contribution in [0.5, 0.6) is 0 Å². The average Bonchev–Trinajstić information content (AvgIpc) is 2.28. The minimum absolute atomic E-state index is 0.0364. The number of rotatable bonds is 6. The molecule has 1 fully saturated rings. The Kier molecular flexibility index (Phi) is 5.98. The van der Waals surface area contributed by atoms with E-state index in [4.69, 9.17) is 0 Å². The lowest BCUT2D eigenvalue weighted by Gasteiger charge is -2.40. The molecule has 1 unspecified atom stereocenters. The van der Waals surface area contributed by atoms with Gasteiger partial charge >= 0.3 is 11.5 Å². The van der Waals surface area contributed by atoms with Crippen molar-refractivity contribution >= 4 is 17.7 Å². The lowest BCUT2D eigenvalue weighted by molar-refractivity contribution is -0.153. The molecule has 0 radical (unpaired) electrons. The molecule has 0 saturated carbocycles. The van der Waals surface area contributed by atoms with Crippen LogP contribution in [0.25, 0.3) is 0 Å². The van der Waals surface area contributed by atoms with E-state index in [9.17, 15) is 23.1 Å². The summed E-state index contributed by atoms with van der Waals surface area (Å²) in [6, 6.07) is 0. The fraction of sp³-hybridized carbons (Fsp3) is 0.917. The Morgan fingerprint density at radius 1 is 1.47 bits per heavy atom. The van der Waals surface area contributed by atoms with Gasteiger partial charge in [0, 0.05) is 18.8 Å². The fourth-order valence-corrected chi connectivity index (χ4v) is 3.25. The van der Waals surface area contributed by atoms with Gasteiger partial charge in [0.05, 0.1) is 5.41 Å². The van der Waals surface area contributed by atoms with Crippen molar-refractivity contribution in [2.45, 2.75) is 38.1 Å². The highest BCUT2D eigenvalue weighted by atomic mass is 32.2. The summed E-state index contributed by atoms with van der Waals surface area (Å²) < 4.78 is 36.2. The molecule has 19 heavy (non-hydrogen) atoms. The molecule has 0 aromatic rings. The molecular weight excluding hydrogens is 279 g/mol. The topological polar surface area (TPSA) is 40.5 Å². The number of aliphatic carboxylic acids is 1. The summed E-state index contributed by atoms with van der Waals surface area (Å²) in [5, 5.41) is 9.38. The normalized spacial score (nSPS) is 25.5. The summed E-state index contributed by atoms with van der Waals surface area (Å²) in [6.45, 7) is 3.29. The standard InChI is InChI=1S/C12H20F3NO2S/c1-2-4-11(10(17)18)5-3-6-16(9-11)7-8-19-12(13,14)15/h2-9H2,1H3,(H,17,18). The number of alkyl halides is 3. The van der Waals surface area contributed by atoms with E-state index in [1.807, 2.05) is 11.8 Å². The Balaban J connectivity index is 2.51. The first kappa shape index (κ1) is 16.6. The summed E-state index contributed by atoms with van der Waals surface area (Å²) in [5.74, 6) is -0.853. The van der Waals surface area contributed by atoms with Crippen LogP contribution in [0.1, 0.15) is 32.6 Å². The Labute approximate surface area is 115 Å². The van der Waals surface area contributed by atoms with Crippen molar-refractivity contribution in [3.63, 3.8) is 0 Å². The molecule has 0 amide bonds. The smallest absolute Gasteiger partial charge is 0.441 e.